The standard InChI is InChI=1S/C7H15NO3/c1-5(2)6(10,3-8)7(5,11)4-9/h9-11H,3-4,8H2,1-2H3. The maximum atomic E-state index is 9.65. The van der Waals surface area contributed by atoms with Crippen LogP contribution in [0.2, 0.25) is 0 Å². The van der Waals surface area contributed by atoms with Crippen molar-refractivity contribution in [3.63, 3.8) is 0 Å². The first-order valence-corrected chi connectivity index (χ1v) is 3.63. The van der Waals surface area contributed by atoms with Gasteiger partial charge in [-0.2, -0.15) is 0 Å². The van der Waals surface area contributed by atoms with Gasteiger partial charge in [0.05, 0.1) is 6.61 Å². The van der Waals surface area contributed by atoms with E-state index in [1.54, 1.807) is 13.8 Å². The van der Waals surface area contributed by atoms with Crippen LogP contribution >= 0.6 is 0 Å². The molecule has 1 saturated carbocycles. The summed E-state index contributed by atoms with van der Waals surface area (Å²) >= 11 is 0. The van der Waals surface area contributed by atoms with Gasteiger partial charge in [0.2, 0.25) is 0 Å². The topological polar surface area (TPSA) is 86.7 Å². The van der Waals surface area contributed by atoms with Crippen molar-refractivity contribution >= 4 is 0 Å². The Morgan fingerprint density at radius 3 is 1.73 bits per heavy atom. The van der Waals surface area contributed by atoms with Crippen molar-refractivity contribution < 1.29 is 15.3 Å². The lowest BCUT2D eigenvalue weighted by atomic mass is 10.1. The zero-order valence-electron chi connectivity index (χ0n) is 6.83. The van der Waals surface area contributed by atoms with E-state index in [1.165, 1.54) is 0 Å². The third-order valence-electron chi connectivity index (χ3n) is 3.21. The second-order valence-corrected chi connectivity index (χ2v) is 3.71. The summed E-state index contributed by atoms with van der Waals surface area (Å²) in [5.74, 6) is 0. The molecule has 5 N–H and O–H groups in total. The summed E-state index contributed by atoms with van der Waals surface area (Å²) in [5.41, 5.74) is 1.82. The van der Waals surface area contributed by atoms with Crippen molar-refractivity contribution in [2.75, 3.05) is 13.2 Å². The van der Waals surface area contributed by atoms with E-state index in [0.29, 0.717) is 0 Å². The SMILES string of the molecule is CC1(C)C(O)(CN)C1(O)CO. The molecule has 1 fully saturated rings. The van der Waals surface area contributed by atoms with Crippen LogP contribution in [0.15, 0.2) is 0 Å². The quantitative estimate of drug-likeness (QED) is 0.394. The van der Waals surface area contributed by atoms with Gasteiger partial charge < -0.3 is 21.1 Å². The average molecular weight is 161 g/mol. The first kappa shape index (κ1) is 8.93. The van der Waals surface area contributed by atoms with E-state index in [0.717, 1.165) is 0 Å². The van der Waals surface area contributed by atoms with Crippen molar-refractivity contribution in [3.05, 3.63) is 0 Å². The van der Waals surface area contributed by atoms with Crippen molar-refractivity contribution in [2.24, 2.45) is 11.1 Å². The third kappa shape index (κ3) is 0.636. The zero-order chi connectivity index (χ0) is 8.91. The molecule has 0 aliphatic heterocycles. The average Bonchev–Trinajstić information content (AvgIpc) is 2.32. The zero-order valence-corrected chi connectivity index (χ0v) is 6.83. The number of nitrogens with two attached hydrogens (primary N) is 1. The van der Waals surface area contributed by atoms with Crippen LogP contribution in [-0.4, -0.2) is 39.7 Å². The summed E-state index contributed by atoms with van der Waals surface area (Å²) in [6.07, 6.45) is 0. The summed E-state index contributed by atoms with van der Waals surface area (Å²) in [6.45, 7) is 2.87. The second-order valence-electron chi connectivity index (χ2n) is 3.71. The molecular weight excluding hydrogens is 146 g/mol. The van der Waals surface area contributed by atoms with Crippen LogP contribution in [0.5, 0.6) is 0 Å². The molecule has 0 amide bonds. The van der Waals surface area contributed by atoms with E-state index in [4.69, 9.17) is 10.8 Å². The first-order valence-electron chi connectivity index (χ1n) is 3.63. The highest BCUT2D eigenvalue weighted by atomic mass is 16.4. The summed E-state index contributed by atoms with van der Waals surface area (Å²) in [6, 6.07) is 0. The molecule has 1 aliphatic carbocycles. The molecule has 4 nitrogen and oxygen atoms in total. The molecule has 4 heteroatoms. The van der Waals surface area contributed by atoms with Gasteiger partial charge in [-0.15, -0.1) is 0 Å². The lowest BCUT2D eigenvalue weighted by Gasteiger charge is -2.10. The number of rotatable bonds is 2. The summed E-state index contributed by atoms with van der Waals surface area (Å²) in [7, 11) is 0. The number of aliphatic hydroxyl groups is 3. The molecule has 0 aromatic carbocycles. The van der Waals surface area contributed by atoms with Gasteiger partial charge in [-0.3, -0.25) is 0 Å². The molecule has 66 valence electrons. The van der Waals surface area contributed by atoms with Gasteiger partial charge in [-0.1, -0.05) is 13.8 Å². The van der Waals surface area contributed by atoms with E-state index in [-0.39, 0.29) is 6.54 Å². The Kier molecular flexibility index (Phi) is 1.59. The number of hydrogen-bond acceptors (Lipinski definition) is 4. The number of aliphatic hydroxyl groups excluding tert-OH is 1. The lowest BCUT2D eigenvalue weighted by molar-refractivity contribution is -0.0116. The Morgan fingerprint density at radius 1 is 1.18 bits per heavy atom. The van der Waals surface area contributed by atoms with E-state index in [9.17, 15) is 10.2 Å². The Bertz CT molecular complexity index is 165. The Balaban J connectivity index is 2.91. The monoisotopic (exact) mass is 161 g/mol. The van der Waals surface area contributed by atoms with E-state index >= 15 is 0 Å². The molecule has 2 unspecified atom stereocenters. The Hall–Kier alpha value is -0.160. The highest BCUT2D eigenvalue weighted by Crippen LogP contribution is 2.63. The van der Waals surface area contributed by atoms with Gasteiger partial charge >= 0.3 is 0 Å². The fourth-order valence-corrected chi connectivity index (χ4v) is 1.77. The predicted octanol–water partition coefficient (Wildman–Crippen LogP) is -1.56. The molecule has 0 bridgehead atoms. The molecule has 1 rings (SSSR count). The summed E-state index contributed by atoms with van der Waals surface area (Å²) in [5, 5.41) is 28.1. The van der Waals surface area contributed by atoms with Crippen molar-refractivity contribution in [3.8, 4) is 0 Å². The molecule has 11 heavy (non-hydrogen) atoms. The van der Waals surface area contributed by atoms with Crippen LogP contribution in [0.25, 0.3) is 0 Å². The molecule has 1 aliphatic rings. The minimum atomic E-state index is -1.42. The molecule has 0 radical (unpaired) electrons. The summed E-state index contributed by atoms with van der Waals surface area (Å²) in [4.78, 5) is 0. The Morgan fingerprint density at radius 2 is 1.64 bits per heavy atom. The predicted molar refractivity (Wildman–Crippen MR) is 39.8 cm³/mol. The fourth-order valence-electron chi connectivity index (χ4n) is 1.77. The minimum absolute atomic E-state index is 0.0307. The van der Waals surface area contributed by atoms with Crippen LogP contribution in [0.1, 0.15) is 13.8 Å². The maximum Gasteiger partial charge on any atom is 0.126 e. The van der Waals surface area contributed by atoms with Gasteiger partial charge in [-0.25, -0.2) is 0 Å². The molecule has 0 spiro atoms. The largest absolute Gasteiger partial charge is 0.393 e. The van der Waals surface area contributed by atoms with Crippen molar-refractivity contribution in [2.45, 2.75) is 25.0 Å². The smallest absolute Gasteiger partial charge is 0.126 e. The second kappa shape index (κ2) is 1.95. The number of hydrogen-bond donors (Lipinski definition) is 4. The Labute approximate surface area is 65.6 Å². The van der Waals surface area contributed by atoms with Gasteiger partial charge in [0.1, 0.15) is 11.2 Å². The molecule has 0 heterocycles. The highest BCUT2D eigenvalue weighted by molar-refractivity contribution is 5.32. The lowest BCUT2D eigenvalue weighted by Crippen LogP contribution is -2.35. The van der Waals surface area contributed by atoms with Crippen LogP contribution in [0.3, 0.4) is 0 Å². The first-order chi connectivity index (χ1) is 4.87. The van der Waals surface area contributed by atoms with Crippen LogP contribution in [0.4, 0.5) is 0 Å². The van der Waals surface area contributed by atoms with Gasteiger partial charge in [-0.05, 0) is 0 Å². The van der Waals surface area contributed by atoms with Crippen molar-refractivity contribution in [1.29, 1.82) is 0 Å². The minimum Gasteiger partial charge on any atom is -0.393 e. The normalized spacial score (nSPS) is 47.5. The van der Waals surface area contributed by atoms with E-state index in [1.807, 2.05) is 0 Å². The van der Waals surface area contributed by atoms with Gasteiger partial charge in [0.15, 0.2) is 0 Å². The molecule has 2 atom stereocenters. The van der Waals surface area contributed by atoms with Crippen molar-refractivity contribution in [1.82, 2.24) is 0 Å². The molecule has 0 saturated heterocycles. The fraction of sp³-hybridized carbons (Fsp3) is 1.00. The third-order valence-corrected chi connectivity index (χ3v) is 3.21. The molecule has 0 aromatic heterocycles. The van der Waals surface area contributed by atoms with Crippen LogP contribution < -0.4 is 5.73 Å². The summed E-state index contributed by atoms with van der Waals surface area (Å²) < 4.78 is 0. The maximum absolute atomic E-state index is 9.65. The van der Waals surface area contributed by atoms with Crippen LogP contribution in [0, 0.1) is 5.41 Å². The van der Waals surface area contributed by atoms with Gasteiger partial charge in [0.25, 0.3) is 0 Å². The van der Waals surface area contributed by atoms with E-state index in [2.05, 4.69) is 0 Å². The van der Waals surface area contributed by atoms with Crippen LogP contribution in [-0.2, 0) is 0 Å². The highest BCUT2D eigenvalue weighted by Gasteiger charge is 2.81. The van der Waals surface area contributed by atoms with Gasteiger partial charge in [0, 0.05) is 12.0 Å². The van der Waals surface area contributed by atoms with E-state index < -0.39 is 23.2 Å². The molecule has 0 aromatic rings. The molecular formula is C7H15NO3.